The zero-order chi connectivity index (χ0) is 23.3. The Labute approximate surface area is 196 Å². The summed E-state index contributed by atoms with van der Waals surface area (Å²) in [7, 11) is 4.85. The van der Waals surface area contributed by atoms with Crippen molar-refractivity contribution in [2.45, 2.75) is 25.1 Å². The number of nitrogens with one attached hydrogen (secondary N) is 1. The number of methoxy groups -OCH3 is 2. The van der Waals surface area contributed by atoms with Crippen LogP contribution in [0.25, 0.3) is 0 Å². The number of carbonyl (C=O) groups excluding carboxylic acids is 1. The zero-order valence-corrected chi connectivity index (χ0v) is 20.1. The van der Waals surface area contributed by atoms with Crippen molar-refractivity contribution in [1.29, 1.82) is 0 Å². The Balaban J connectivity index is 1.63. The molecule has 1 N–H and O–H groups in total. The molecule has 0 fully saturated rings. The smallest absolute Gasteiger partial charge is 0.234 e. The maximum Gasteiger partial charge on any atom is 0.234 e. The average Bonchev–Trinajstić information content (AvgIpc) is 3.13. The van der Waals surface area contributed by atoms with Gasteiger partial charge in [0, 0.05) is 19.2 Å². The van der Waals surface area contributed by atoms with Gasteiger partial charge in [-0.15, -0.1) is 10.2 Å². The Bertz CT molecular complexity index is 1110. The number of halogens is 1. The van der Waals surface area contributed by atoms with Crippen LogP contribution < -0.4 is 19.5 Å². The van der Waals surface area contributed by atoms with E-state index < -0.39 is 0 Å². The molecule has 0 aliphatic carbocycles. The highest BCUT2D eigenvalue weighted by atomic mass is 35.5. The standard InChI is InChI=1S/C22H25ClN4O4S/c1-13-7-6-8-15(9-13)31-14(2)21-25-26-22(27(21)3)32-12-20(28)24-17-11-18(29-4)16(23)10-19(17)30-5/h6-11,14H,12H2,1-5H3,(H,24,28). The molecule has 0 aliphatic heterocycles. The summed E-state index contributed by atoms with van der Waals surface area (Å²) >= 11 is 7.38. The molecular weight excluding hydrogens is 452 g/mol. The van der Waals surface area contributed by atoms with Crippen molar-refractivity contribution in [3.63, 3.8) is 0 Å². The van der Waals surface area contributed by atoms with Gasteiger partial charge in [0.05, 0.1) is 30.7 Å². The van der Waals surface area contributed by atoms with Crippen molar-refractivity contribution in [1.82, 2.24) is 14.8 Å². The van der Waals surface area contributed by atoms with E-state index in [9.17, 15) is 4.79 Å². The van der Waals surface area contributed by atoms with E-state index in [-0.39, 0.29) is 17.8 Å². The van der Waals surface area contributed by atoms with E-state index in [0.29, 0.717) is 33.2 Å². The number of benzene rings is 2. The summed E-state index contributed by atoms with van der Waals surface area (Å²) in [5.74, 6) is 2.21. The Kier molecular flexibility index (Phi) is 7.87. The number of nitrogens with zero attached hydrogens (tertiary/aromatic N) is 3. The van der Waals surface area contributed by atoms with Gasteiger partial charge in [-0.3, -0.25) is 4.79 Å². The summed E-state index contributed by atoms with van der Waals surface area (Å²) in [6.07, 6.45) is -0.303. The molecule has 10 heteroatoms. The first-order valence-corrected chi connectivity index (χ1v) is 11.2. The normalized spacial score (nSPS) is 11.7. The van der Waals surface area contributed by atoms with Crippen LogP contribution in [0.4, 0.5) is 5.69 Å². The van der Waals surface area contributed by atoms with Gasteiger partial charge in [0.15, 0.2) is 17.1 Å². The fourth-order valence-corrected chi connectivity index (χ4v) is 3.97. The fraction of sp³-hybridized carbons (Fsp3) is 0.318. The van der Waals surface area contributed by atoms with Gasteiger partial charge in [0.25, 0.3) is 0 Å². The number of anilines is 1. The van der Waals surface area contributed by atoms with Gasteiger partial charge in [-0.2, -0.15) is 0 Å². The second-order valence-corrected chi connectivity index (χ2v) is 8.35. The lowest BCUT2D eigenvalue weighted by Crippen LogP contribution is -2.15. The zero-order valence-electron chi connectivity index (χ0n) is 18.5. The molecule has 3 aromatic rings. The number of aromatic nitrogens is 3. The van der Waals surface area contributed by atoms with E-state index in [1.54, 1.807) is 12.1 Å². The quantitative estimate of drug-likeness (QED) is 0.449. The Morgan fingerprint density at radius 2 is 1.94 bits per heavy atom. The predicted octanol–water partition coefficient (Wildman–Crippen LogP) is 4.66. The van der Waals surface area contributed by atoms with Gasteiger partial charge in [-0.05, 0) is 31.5 Å². The van der Waals surface area contributed by atoms with E-state index in [1.807, 2.05) is 49.7 Å². The van der Waals surface area contributed by atoms with Crippen molar-refractivity contribution in [2.24, 2.45) is 7.05 Å². The third-order valence-corrected chi connectivity index (χ3v) is 5.93. The lowest BCUT2D eigenvalue weighted by molar-refractivity contribution is -0.113. The third kappa shape index (κ3) is 5.66. The van der Waals surface area contributed by atoms with Crippen LogP contribution in [0.1, 0.15) is 24.4 Å². The van der Waals surface area contributed by atoms with E-state index in [0.717, 1.165) is 11.3 Å². The molecule has 1 heterocycles. The van der Waals surface area contributed by atoms with Gasteiger partial charge in [-0.1, -0.05) is 35.5 Å². The molecule has 1 unspecified atom stereocenters. The van der Waals surface area contributed by atoms with Gasteiger partial charge in [0.1, 0.15) is 17.2 Å². The lowest BCUT2D eigenvalue weighted by atomic mass is 10.2. The number of ether oxygens (including phenoxy) is 3. The molecule has 3 rings (SSSR count). The van der Waals surface area contributed by atoms with Crippen LogP contribution in [0.3, 0.4) is 0 Å². The van der Waals surface area contributed by atoms with Crippen molar-refractivity contribution in [2.75, 3.05) is 25.3 Å². The monoisotopic (exact) mass is 476 g/mol. The Morgan fingerprint density at radius 1 is 1.19 bits per heavy atom. The van der Waals surface area contributed by atoms with Crippen LogP contribution in [0.5, 0.6) is 17.2 Å². The maximum absolute atomic E-state index is 12.5. The highest BCUT2D eigenvalue weighted by Gasteiger charge is 2.19. The molecule has 0 aliphatic rings. The first-order valence-electron chi connectivity index (χ1n) is 9.79. The van der Waals surface area contributed by atoms with Crippen LogP contribution in [-0.2, 0) is 11.8 Å². The molecule has 1 aromatic heterocycles. The summed E-state index contributed by atoms with van der Waals surface area (Å²) in [5.41, 5.74) is 1.59. The van der Waals surface area contributed by atoms with Gasteiger partial charge >= 0.3 is 0 Å². The second-order valence-electron chi connectivity index (χ2n) is 7.00. The summed E-state index contributed by atoms with van der Waals surface area (Å²) < 4.78 is 18.3. The molecule has 32 heavy (non-hydrogen) atoms. The SMILES string of the molecule is COc1cc(NC(=O)CSc2nnc(C(C)Oc3cccc(C)c3)n2C)c(OC)cc1Cl. The van der Waals surface area contributed by atoms with E-state index in [2.05, 4.69) is 15.5 Å². The molecular formula is C22H25ClN4O4S. The van der Waals surface area contributed by atoms with E-state index in [4.69, 9.17) is 25.8 Å². The Hall–Kier alpha value is -2.91. The molecule has 0 saturated carbocycles. The van der Waals surface area contributed by atoms with Crippen molar-refractivity contribution in [3.05, 3.63) is 52.8 Å². The van der Waals surface area contributed by atoms with E-state index >= 15 is 0 Å². The highest BCUT2D eigenvalue weighted by molar-refractivity contribution is 7.99. The number of rotatable bonds is 9. The molecule has 0 radical (unpaired) electrons. The van der Waals surface area contributed by atoms with Crippen molar-refractivity contribution >= 4 is 35.0 Å². The van der Waals surface area contributed by atoms with Crippen LogP contribution in [-0.4, -0.2) is 40.6 Å². The third-order valence-electron chi connectivity index (χ3n) is 4.61. The topological polar surface area (TPSA) is 87.5 Å². The molecule has 0 spiro atoms. The summed E-state index contributed by atoms with van der Waals surface area (Å²) in [4.78, 5) is 12.5. The Morgan fingerprint density at radius 3 is 2.62 bits per heavy atom. The van der Waals surface area contributed by atoms with Crippen molar-refractivity contribution < 1.29 is 19.0 Å². The first kappa shape index (κ1) is 23.7. The fourth-order valence-electron chi connectivity index (χ4n) is 3.03. The van der Waals surface area contributed by atoms with Gasteiger partial charge in [-0.25, -0.2) is 0 Å². The molecule has 1 atom stereocenters. The predicted molar refractivity (Wildman–Crippen MR) is 125 cm³/mol. The first-order chi connectivity index (χ1) is 15.3. The lowest BCUT2D eigenvalue weighted by Gasteiger charge is -2.15. The minimum absolute atomic E-state index is 0.132. The summed E-state index contributed by atoms with van der Waals surface area (Å²) in [6.45, 7) is 3.92. The van der Waals surface area contributed by atoms with Crippen molar-refractivity contribution in [3.8, 4) is 17.2 Å². The minimum Gasteiger partial charge on any atom is -0.495 e. The van der Waals surface area contributed by atoms with E-state index in [1.165, 1.54) is 26.0 Å². The van der Waals surface area contributed by atoms with Gasteiger partial charge in [0.2, 0.25) is 5.91 Å². The number of hydrogen-bond acceptors (Lipinski definition) is 7. The number of thioether (sulfide) groups is 1. The minimum atomic E-state index is -0.303. The highest BCUT2D eigenvalue weighted by Crippen LogP contribution is 2.36. The average molecular weight is 477 g/mol. The molecule has 1 amide bonds. The van der Waals surface area contributed by atoms with Crippen LogP contribution in [0.15, 0.2) is 41.6 Å². The largest absolute Gasteiger partial charge is 0.495 e. The number of hydrogen-bond donors (Lipinski definition) is 1. The number of aryl methyl sites for hydroxylation is 1. The van der Waals surface area contributed by atoms with Crippen LogP contribution in [0, 0.1) is 6.92 Å². The van der Waals surface area contributed by atoms with Crippen LogP contribution in [0.2, 0.25) is 5.02 Å². The van der Waals surface area contributed by atoms with Gasteiger partial charge < -0.3 is 24.1 Å². The second kappa shape index (κ2) is 10.6. The molecule has 2 aromatic carbocycles. The molecule has 8 nitrogen and oxygen atoms in total. The maximum atomic E-state index is 12.5. The number of carbonyl (C=O) groups is 1. The number of amides is 1. The van der Waals surface area contributed by atoms with Crippen LogP contribution >= 0.6 is 23.4 Å². The molecule has 0 bridgehead atoms. The molecule has 0 saturated heterocycles. The summed E-state index contributed by atoms with van der Waals surface area (Å²) in [5, 5.41) is 12.3. The summed E-state index contributed by atoms with van der Waals surface area (Å²) in [6, 6.07) is 11.0. The molecule has 170 valence electrons.